The van der Waals surface area contributed by atoms with E-state index < -0.39 is 11.9 Å². The van der Waals surface area contributed by atoms with Crippen LogP contribution in [-0.2, 0) is 4.79 Å². The number of likely N-dealkylation sites (N-methyl/N-ethyl adjacent to an activating group) is 1. The lowest BCUT2D eigenvalue weighted by Gasteiger charge is -2.30. The van der Waals surface area contributed by atoms with Gasteiger partial charge in [-0.15, -0.1) is 0 Å². The van der Waals surface area contributed by atoms with Gasteiger partial charge in [-0.2, -0.15) is 0 Å². The van der Waals surface area contributed by atoms with Gasteiger partial charge >= 0.3 is 11.9 Å². The van der Waals surface area contributed by atoms with Crippen molar-refractivity contribution in [3.63, 3.8) is 0 Å². The fourth-order valence-corrected chi connectivity index (χ4v) is 3.22. The van der Waals surface area contributed by atoms with E-state index in [0.29, 0.717) is 13.1 Å². The molecule has 0 aliphatic carbocycles. The zero-order valence-electron chi connectivity index (χ0n) is 17.7. The minimum Gasteiger partial charge on any atom is -0.476 e. The molecule has 0 aromatic rings. The van der Waals surface area contributed by atoms with Crippen molar-refractivity contribution < 1.29 is 20.1 Å². The lowest BCUT2D eigenvalue weighted by molar-refractivity contribution is -0.263. The zero-order valence-corrected chi connectivity index (χ0v) is 17.7. The summed E-state index contributed by atoms with van der Waals surface area (Å²) in [6.45, 7) is 4.66. The minimum absolute atomic E-state index is 0.296. The van der Waals surface area contributed by atoms with Crippen LogP contribution in [0.25, 0.3) is 0 Å². The van der Waals surface area contributed by atoms with Crippen molar-refractivity contribution in [1.82, 2.24) is 4.90 Å². The van der Waals surface area contributed by atoms with E-state index in [0.717, 1.165) is 25.7 Å². The molecule has 27 heavy (non-hydrogen) atoms. The number of hydrogen-bond donors (Lipinski definition) is 3. The number of hydrogen-bond acceptors (Lipinski definition) is 4. The first kappa shape index (κ1) is 26.1. The number of unbranched alkanes of at least 4 members (excludes halogenated alkanes) is 12. The Morgan fingerprint density at radius 3 is 1.67 bits per heavy atom. The largest absolute Gasteiger partial charge is 0.476 e. The molecule has 0 radical (unpaired) electrons. The van der Waals surface area contributed by atoms with Crippen molar-refractivity contribution in [2.24, 2.45) is 0 Å². The molecule has 0 atom stereocenters. The maximum atomic E-state index is 10.8. The van der Waals surface area contributed by atoms with E-state index in [1.165, 1.54) is 69.1 Å². The SMILES string of the molecule is CCCCCCCCC=CCCCCCCCCN(CC)C(O)(O)C(=O)O. The van der Waals surface area contributed by atoms with Crippen molar-refractivity contribution in [3.05, 3.63) is 12.2 Å². The van der Waals surface area contributed by atoms with Crippen molar-refractivity contribution in [2.75, 3.05) is 13.1 Å². The van der Waals surface area contributed by atoms with Gasteiger partial charge in [0.25, 0.3) is 0 Å². The Bertz CT molecular complexity index is 383. The van der Waals surface area contributed by atoms with Gasteiger partial charge < -0.3 is 15.3 Å². The molecule has 0 spiro atoms. The molecule has 0 amide bonds. The number of allylic oxidation sites excluding steroid dienone is 2. The van der Waals surface area contributed by atoms with Crippen LogP contribution in [0.3, 0.4) is 0 Å². The Kier molecular flexibility index (Phi) is 16.6. The minimum atomic E-state index is -2.75. The van der Waals surface area contributed by atoms with Gasteiger partial charge in [0.1, 0.15) is 0 Å². The average Bonchev–Trinajstić information content (AvgIpc) is 2.64. The molecule has 0 aromatic heterocycles. The van der Waals surface area contributed by atoms with Crippen LogP contribution in [0.5, 0.6) is 0 Å². The molecule has 0 heterocycles. The predicted molar refractivity (Wildman–Crippen MR) is 112 cm³/mol. The Hall–Kier alpha value is -0.910. The highest BCUT2D eigenvalue weighted by Gasteiger charge is 2.39. The number of carboxylic acids is 1. The Balaban J connectivity index is 3.47. The summed E-state index contributed by atoms with van der Waals surface area (Å²) in [4.78, 5) is 12.0. The van der Waals surface area contributed by atoms with Crippen LogP contribution in [0, 0.1) is 0 Å². The van der Waals surface area contributed by atoms with E-state index in [4.69, 9.17) is 5.11 Å². The van der Waals surface area contributed by atoms with Crippen LogP contribution in [0.4, 0.5) is 0 Å². The third-order valence-corrected chi connectivity index (χ3v) is 5.05. The second-order valence-corrected chi connectivity index (χ2v) is 7.46. The number of aliphatic carboxylic acids is 1. The van der Waals surface area contributed by atoms with Crippen molar-refractivity contribution in [3.8, 4) is 0 Å². The Morgan fingerprint density at radius 1 is 0.778 bits per heavy atom. The van der Waals surface area contributed by atoms with E-state index in [1.54, 1.807) is 6.92 Å². The van der Waals surface area contributed by atoms with Gasteiger partial charge in [-0.05, 0) is 32.1 Å². The van der Waals surface area contributed by atoms with Gasteiger partial charge in [0.15, 0.2) is 0 Å². The monoisotopic (exact) mass is 385 g/mol. The normalized spacial score (nSPS) is 12.3. The molecule has 160 valence electrons. The Morgan fingerprint density at radius 2 is 1.22 bits per heavy atom. The summed E-state index contributed by atoms with van der Waals surface area (Å²) in [6, 6.07) is 0. The van der Waals surface area contributed by atoms with E-state index in [2.05, 4.69) is 19.1 Å². The highest BCUT2D eigenvalue weighted by Crippen LogP contribution is 2.13. The summed E-state index contributed by atoms with van der Waals surface area (Å²) in [5, 5.41) is 27.9. The first-order chi connectivity index (χ1) is 13.0. The van der Waals surface area contributed by atoms with E-state index in [-0.39, 0.29) is 0 Å². The van der Waals surface area contributed by atoms with Crippen molar-refractivity contribution >= 4 is 5.97 Å². The van der Waals surface area contributed by atoms with Gasteiger partial charge in [-0.1, -0.05) is 83.8 Å². The number of carbonyl (C=O) groups is 1. The average molecular weight is 386 g/mol. The fourth-order valence-electron chi connectivity index (χ4n) is 3.22. The van der Waals surface area contributed by atoms with Gasteiger partial charge in [-0.25, -0.2) is 9.69 Å². The second kappa shape index (κ2) is 17.2. The first-order valence-electron chi connectivity index (χ1n) is 11.0. The molecule has 5 heteroatoms. The van der Waals surface area contributed by atoms with Gasteiger partial charge in [-0.3, -0.25) is 0 Å². The molecular formula is C22H43NO4. The molecule has 0 unspecified atom stereocenters. The molecule has 0 aliphatic rings. The molecule has 0 saturated heterocycles. The molecule has 0 fully saturated rings. The third kappa shape index (κ3) is 13.8. The smallest absolute Gasteiger partial charge is 0.381 e. The fraction of sp³-hybridized carbons (Fsp3) is 0.864. The molecule has 0 aliphatic heterocycles. The molecule has 3 N–H and O–H groups in total. The van der Waals surface area contributed by atoms with Crippen molar-refractivity contribution in [2.45, 2.75) is 110 Å². The highest BCUT2D eigenvalue weighted by atomic mass is 16.6. The molecular weight excluding hydrogens is 342 g/mol. The topological polar surface area (TPSA) is 81.0 Å². The molecule has 0 rings (SSSR count). The number of rotatable bonds is 19. The summed E-state index contributed by atoms with van der Waals surface area (Å²) in [7, 11) is 0. The summed E-state index contributed by atoms with van der Waals surface area (Å²) < 4.78 is 0. The van der Waals surface area contributed by atoms with Gasteiger partial charge in [0, 0.05) is 13.1 Å². The van der Waals surface area contributed by atoms with Crippen LogP contribution >= 0.6 is 0 Å². The van der Waals surface area contributed by atoms with Crippen LogP contribution in [0.1, 0.15) is 104 Å². The Labute approximate surface area is 166 Å². The van der Waals surface area contributed by atoms with Crippen LogP contribution in [0.15, 0.2) is 12.2 Å². The number of carboxylic acid groups (broad SMARTS) is 1. The maximum absolute atomic E-state index is 10.8. The second-order valence-electron chi connectivity index (χ2n) is 7.46. The van der Waals surface area contributed by atoms with Crippen LogP contribution in [0.2, 0.25) is 0 Å². The van der Waals surface area contributed by atoms with E-state index >= 15 is 0 Å². The summed E-state index contributed by atoms with van der Waals surface area (Å²) in [5.41, 5.74) is 0. The molecule has 0 bridgehead atoms. The van der Waals surface area contributed by atoms with Gasteiger partial charge in [0.2, 0.25) is 0 Å². The number of nitrogens with zero attached hydrogens (tertiary/aromatic N) is 1. The maximum Gasteiger partial charge on any atom is 0.381 e. The summed E-state index contributed by atoms with van der Waals surface area (Å²) in [6.07, 6.45) is 21.7. The lowest BCUT2D eigenvalue weighted by atomic mass is 10.1. The summed E-state index contributed by atoms with van der Waals surface area (Å²) >= 11 is 0. The summed E-state index contributed by atoms with van der Waals surface area (Å²) in [5.74, 6) is -4.37. The molecule has 0 saturated carbocycles. The van der Waals surface area contributed by atoms with E-state index in [1.807, 2.05) is 0 Å². The third-order valence-electron chi connectivity index (χ3n) is 5.05. The van der Waals surface area contributed by atoms with Crippen molar-refractivity contribution in [1.29, 1.82) is 0 Å². The van der Waals surface area contributed by atoms with Gasteiger partial charge in [0.05, 0.1) is 0 Å². The molecule has 5 nitrogen and oxygen atoms in total. The van der Waals surface area contributed by atoms with Crippen LogP contribution in [-0.4, -0.2) is 45.2 Å². The van der Waals surface area contributed by atoms with E-state index in [9.17, 15) is 15.0 Å². The highest BCUT2D eigenvalue weighted by molar-refractivity contribution is 5.74. The zero-order chi connectivity index (χ0) is 20.4. The standard InChI is InChI=1S/C22H43NO4/c1-3-5-6-7-8-9-10-11-12-13-14-15-16-17-18-19-20-23(4-2)22(26,27)21(24)25/h11-12,26-27H,3-10,13-20H2,1-2H3,(H,24,25). The molecule has 0 aromatic carbocycles. The number of aliphatic hydroxyl groups is 2. The van der Waals surface area contributed by atoms with Crippen LogP contribution < -0.4 is 0 Å². The quantitative estimate of drug-likeness (QED) is 0.164. The predicted octanol–water partition coefficient (Wildman–Crippen LogP) is 5.07. The lowest BCUT2D eigenvalue weighted by Crippen LogP contribution is -2.55. The first-order valence-corrected chi connectivity index (χ1v) is 11.0.